The maximum Gasteiger partial charge on any atom is 0.315 e. The minimum Gasteiger partial charge on any atom is -0.466 e. The van der Waals surface area contributed by atoms with E-state index in [1.54, 1.807) is 0 Å². The summed E-state index contributed by atoms with van der Waals surface area (Å²) in [7, 11) is 0. The lowest BCUT2D eigenvalue weighted by molar-refractivity contribution is -0.171. The van der Waals surface area contributed by atoms with E-state index in [1.807, 2.05) is 6.92 Å². The van der Waals surface area contributed by atoms with Crippen molar-refractivity contribution in [2.45, 2.75) is 169 Å². The van der Waals surface area contributed by atoms with Crippen molar-refractivity contribution in [1.29, 1.82) is 0 Å². The van der Waals surface area contributed by atoms with E-state index in [0.717, 1.165) is 77.0 Å². The summed E-state index contributed by atoms with van der Waals surface area (Å²) in [6.07, 6.45) is 23.5. The molecule has 2 atom stereocenters. The Labute approximate surface area is 292 Å². The van der Waals surface area contributed by atoms with Gasteiger partial charge >= 0.3 is 17.9 Å². The van der Waals surface area contributed by atoms with Crippen LogP contribution in [0.25, 0.3) is 0 Å². The quantitative estimate of drug-likeness (QED) is 0.0233. The molecule has 0 saturated heterocycles. The van der Waals surface area contributed by atoms with Gasteiger partial charge in [-0.2, -0.15) is 0 Å². The number of rotatable bonds is 34. The first-order valence-corrected chi connectivity index (χ1v) is 19.1. The maximum atomic E-state index is 13.1. The second kappa shape index (κ2) is 34.6. The summed E-state index contributed by atoms with van der Waals surface area (Å²) in [4.78, 5) is 38.3. The molecule has 280 valence electrons. The summed E-state index contributed by atoms with van der Waals surface area (Å²) < 4.78 is 28.4. The number of ether oxygens (including phenoxy) is 5. The van der Waals surface area contributed by atoms with Crippen LogP contribution < -0.4 is 0 Å². The summed E-state index contributed by atoms with van der Waals surface area (Å²) in [6, 6.07) is 0. The lowest BCUT2D eigenvalue weighted by Gasteiger charge is -2.25. The van der Waals surface area contributed by atoms with Crippen molar-refractivity contribution < 1.29 is 43.2 Å². The smallest absolute Gasteiger partial charge is 0.315 e. The van der Waals surface area contributed by atoms with Crippen molar-refractivity contribution in [3.63, 3.8) is 0 Å². The van der Waals surface area contributed by atoms with Crippen molar-refractivity contribution in [3.8, 4) is 0 Å². The Morgan fingerprint density at radius 2 is 1.15 bits per heavy atom. The normalized spacial score (nSPS) is 13.0. The van der Waals surface area contributed by atoms with Crippen LogP contribution in [0.4, 0.5) is 0 Å². The number of hydrogen-bond donors (Lipinski definition) is 1. The first-order chi connectivity index (χ1) is 23.4. The van der Waals surface area contributed by atoms with Gasteiger partial charge in [0.25, 0.3) is 0 Å². The van der Waals surface area contributed by atoms with Gasteiger partial charge in [0, 0.05) is 26.1 Å². The summed E-state index contributed by atoms with van der Waals surface area (Å²) in [5.74, 6) is -2.71. The number of aliphatic hydroxyl groups is 1. The first kappa shape index (κ1) is 45.8. The van der Waals surface area contributed by atoms with Crippen LogP contribution in [-0.2, 0) is 38.1 Å². The third-order valence-corrected chi connectivity index (χ3v) is 7.85. The fraction of sp³-hybridized carbons (Fsp3) is 0.821. The Morgan fingerprint density at radius 3 is 1.71 bits per heavy atom. The SMILES string of the molecule is CC/C=C\CCCCOC(CCC(=O)OC(CCC(=O)OCCC)C(CO)C(=O)OCCCCCCCCC)OCCCC/C=C\CC. The van der Waals surface area contributed by atoms with Crippen LogP contribution in [0.3, 0.4) is 0 Å². The van der Waals surface area contributed by atoms with E-state index in [0.29, 0.717) is 32.7 Å². The van der Waals surface area contributed by atoms with Crippen molar-refractivity contribution in [3.05, 3.63) is 24.3 Å². The zero-order valence-corrected chi connectivity index (χ0v) is 30.9. The highest BCUT2D eigenvalue weighted by molar-refractivity contribution is 5.75. The molecule has 48 heavy (non-hydrogen) atoms. The van der Waals surface area contributed by atoms with Gasteiger partial charge in [-0.25, -0.2) is 0 Å². The molecule has 0 aliphatic rings. The summed E-state index contributed by atoms with van der Waals surface area (Å²) in [5, 5.41) is 10.1. The van der Waals surface area contributed by atoms with Crippen LogP contribution in [-0.4, -0.2) is 68.4 Å². The topological polar surface area (TPSA) is 118 Å². The lowest BCUT2D eigenvalue weighted by atomic mass is 9.98. The van der Waals surface area contributed by atoms with Gasteiger partial charge in [-0.3, -0.25) is 14.4 Å². The number of unbranched alkanes of at least 4 members (excludes halogenated alkanes) is 10. The van der Waals surface area contributed by atoms with Gasteiger partial charge in [-0.1, -0.05) is 90.5 Å². The molecule has 0 radical (unpaired) electrons. The summed E-state index contributed by atoms with van der Waals surface area (Å²) >= 11 is 0. The van der Waals surface area contributed by atoms with Gasteiger partial charge in [-0.05, 0) is 70.6 Å². The van der Waals surface area contributed by atoms with Crippen molar-refractivity contribution in [2.24, 2.45) is 5.92 Å². The molecule has 0 heterocycles. The van der Waals surface area contributed by atoms with E-state index in [2.05, 4.69) is 45.1 Å². The van der Waals surface area contributed by atoms with E-state index >= 15 is 0 Å². The molecule has 0 aromatic carbocycles. The van der Waals surface area contributed by atoms with E-state index in [1.165, 1.54) is 19.3 Å². The molecule has 0 amide bonds. The van der Waals surface area contributed by atoms with Gasteiger partial charge in [0.15, 0.2) is 6.29 Å². The highest BCUT2D eigenvalue weighted by atomic mass is 16.7. The average Bonchev–Trinajstić information content (AvgIpc) is 3.08. The minimum absolute atomic E-state index is 0.00511. The van der Waals surface area contributed by atoms with Gasteiger partial charge in [-0.15, -0.1) is 0 Å². The number of hydrogen-bond acceptors (Lipinski definition) is 9. The molecule has 0 spiro atoms. The predicted octanol–water partition coefficient (Wildman–Crippen LogP) is 8.95. The molecule has 0 aliphatic carbocycles. The highest BCUT2D eigenvalue weighted by Crippen LogP contribution is 2.19. The van der Waals surface area contributed by atoms with E-state index in [9.17, 15) is 19.5 Å². The van der Waals surface area contributed by atoms with E-state index < -0.39 is 42.8 Å². The first-order valence-electron chi connectivity index (χ1n) is 19.1. The molecule has 0 aliphatic heterocycles. The Kier molecular flexibility index (Phi) is 33.0. The largest absolute Gasteiger partial charge is 0.466 e. The van der Waals surface area contributed by atoms with Gasteiger partial charge < -0.3 is 28.8 Å². The molecule has 0 fully saturated rings. The second-order valence-electron chi connectivity index (χ2n) is 12.3. The average molecular weight is 683 g/mol. The minimum atomic E-state index is -1.09. The molecular formula is C39H70O9. The maximum absolute atomic E-state index is 13.1. The standard InChI is InChI=1S/C39H70O9/c1-5-9-12-15-18-21-24-32-47-39(43)34(33-40)35(25-26-36(41)44-29-8-4)48-37(42)27-28-38(45-30-22-19-16-13-10-6-2)46-31-23-20-17-14-11-7-3/h10-11,13-14,34-35,38,40H,5-9,12,15-33H2,1-4H3/b13-10-,14-11-. The van der Waals surface area contributed by atoms with Crippen LogP contribution >= 0.6 is 0 Å². The molecule has 0 rings (SSSR count). The molecule has 9 nitrogen and oxygen atoms in total. The van der Waals surface area contributed by atoms with Crippen molar-refractivity contribution >= 4 is 17.9 Å². The van der Waals surface area contributed by atoms with E-state index in [4.69, 9.17) is 23.7 Å². The monoisotopic (exact) mass is 683 g/mol. The fourth-order valence-electron chi connectivity index (χ4n) is 4.98. The molecule has 2 unspecified atom stereocenters. The zero-order valence-electron chi connectivity index (χ0n) is 30.9. The van der Waals surface area contributed by atoms with E-state index in [-0.39, 0.29) is 25.9 Å². The van der Waals surface area contributed by atoms with Crippen molar-refractivity contribution in [1.82, 2.24) is 0 Å². The van der Waals surface area contributed by atoms with Crippen molar-refractivity contribution in [2.75, 3.05) is 33.0 Å². The molecule has 0 bridgehead atoms. The molecule has 0 aromatic heterocycles. The molecule has 9 heteroatoms. The van der Waals surface area contributed by atoms with Crippen LogP contribution in [0.5, 0.6) is 0 Å². The van der Waals surface area contributed by atoms with Crippen LogP contribution in [0.2, 0.25) is 0 Å². The Bertz CT molecular complexity index is 802. The predicted molar refractivity (Wildman–Crippen MR) is 191 cm³/mol. The van der Waals surface area contributed by atoms with Gasteiger partial charge in [0.05, 0.1) is 26.2 Å². The third-order valence-electron chi connectivity index (χ3n) is 7.85. The van der Waals surface area contributed by atoms with Gasteiger partial charge in [0.1, 0.15) is 12.0 Å². The van der Waals surface area contributed by atoms with Crippen LogP contribution in [0.1, 0.15) is 156 Å². The Hall–Kier alpha value is -2.23. The highest BCUT2D eigenvalue weighted by Gasteiger charge is 2.33. The summed E-state index contributed by atoms with van der Waals surface area (Å²) in [5.41, 5.74) is 0. The Balaban J connectivity index is 5.17. The van der Waals surface area contributed by atoms with Crippen LogP contribution in [0, 0.1) is 5.92 Å². The number of carbonyl (C=O) groups is 3. The number of carbonyl (C=O) groups excluding carboxylic acids is 3. The zero-order chi connectivity index (χ0) is 35.5. The second-order valence-corrected chi connectivity index (χ2v) is 12.3. The molecular weight excluding hydrogens is 612 g/mol. The molecule has 1 N–H and O–H groups in total. The fourth-order valence-corrected chi connectivity index (χ4v) is 4.98. The summed E-state index contributed by atoms with van der Waals surface area (Å²) in [6.45, 7) is 9.33. The number of aliphatic hydroxyl groups excluding tert-OH is 1. The Morgan fingerprint density at radius 1 is 0.583 bits per heavy atom. The molecule has 0 saturated carbocycles. The number of allylic oxidation sites excluding steroid dienone is 4. The molecule has 0 aromatic rings. The van der Waals surface area contributed by atoms with Gasteiger partial charge in [0.2, 0.25) is 0 Å². The lowest BCUT2D eigenvalue weighted by Crippen LogP contribution is -2.37. The third kappa shape index (κ3) is 27.7. The van der Waals surface area contributed by atoms with Crippen LogP contribution in [0.15, 0.2) is 24.3 Å². The number of esters is 3.